The van der Waals surface area contributed by atoms with E-state index in [1.54, 1.807) is 7.05 Å². The normalized spacial score (nSPS) is 16.7. The van der Waals surface area contributed by atoms with Crippen LogP contribution in [0.4, 0.5) is 0 Å². The summed E-state index contributed by atoms with van der Waals surface area (Å²) in [6.07, 6.45) is 2.21. The molecule has 1 aliphatic rings. The topological polar surface area (TPSA) is 68.8 Å². The van der Waals surface area contributed by atoms with Gasteiger partial charge in [0.2, 0.25) is 5.91 Å². The lowest BCUT2D eigenvalue weighted by molar-refractivity contribution is -0.128. The number of benzene rings is 1. The standard InChI is InChI=1S/C22H37N5O/c1-17-7-6-8-18(15-17)16-27-13-9-19(10-14-27)26-21(23-5)25-12-11-24-20(28)22(2,3)4/h6-8,15,19H,9-14,16H2,1-5H3,(H,24,28)(H2,23,25,26). The number of amides is 1. The van der Waals surface area contributed by atoms with Crippen molar-refractivity contribution in [1.82, 2.24) is 20.9 Å². The lowest BCUT2D eigenvalue weighted by Gasteiger charge is -2.33. The van der Waals surface area contributed by atoms with Gasteiger partial charge < -0.3 is 16.0 Å². The van der Waals surface area contributed by atoms with Gasteiger partial charge in [-0.15, -0.1) is 0 Å². The molecule has 6 nitrogen and oxygen atoms in total. The molecule has 0 saturated carbocycles. The predicted octanol–water partition coefficient (Wildman–Crippen LogP) is 2.29. The van der Waals surface area contributed by atoms with E-state index in [4.69, 9.17) is 0 Å². The maximum Gasteiger partial charge on any atom is 0.225 e. The minimum absolute atomic E-state index is 0.0678. The highest BCUT2D eigenvalue weighted by Crippen LogP contribution is 2.15. The van der Waals surface area contributed by atoms with Crippen LogP contribution in [0.2, 0.25) is 0 Å². The molecule has 0 atom stereocenters. The van der Waals surface area contributed by atoms with Crippen LogP contribution in [0.15, 0.2) is 29.3 Å². The lowest BCUT2D eigenvalue weighted by Crippen LogP contribution is -2.49. The van der Waals surface area contributed by atoms with Crippen LogP contribution in [0.1, 0.15) is 44.7 Å². The number of hydrogen-bond acceptors (Lipinski definition) is 3. The molecule has 1 heterocycles. The second-order valence-corrected chi connectivity index (χ2v) is 8.69. The molecule has 1 aromatic carbocycles. The fourth-order valence-electron chi connectivity index (χ4n) is 3.31. The average Bonchev–Trinajstić information content (AvgIpc) is 2.64. The van der Waals surface area contributed by atoms with Gasteiger partial charge in [-0.25, -0.2) is 0 Å². The first kappa shape index (κ1) is 22.2. The van der Waals surface area contributed by atoms with Crippen molar-refractivity contribution in [1.29, 1.82) is 0 Å². The first-order valence-corrected chi connectivity index (χ1v) is 10.3. The summed E-state index contributed by atoms with van der Waals surface area (Å²) in [5, 5.41) is 9.76. The number of likely N-dealkylation sites (tertiary alicyclic amines) is 1. The predicted molar refractivity (Wildman–Crippen MR) is 116 cm³/mol. The van der Waals surface area contributed by atoms with Gasteiger partial charge in [0.25, 0.3) is 0 Å². The molecule has 0 unspecified atom stereocenters. The molecular formula is C22H37N5O. The monoisotopic (exact) mass is 387 g/mol. The van der Waals surface area contributed by atoms with Crippen molar-refractivity contribution in [3.63, 3.8) is 0 Å². The first-order valence-electron chi connectivity index (χ1n) is 10.3. The van der Waals surface area contributed by atoms with E-state index in [1.807, 2.05) is 20.8 Å². The largest absolute Gasteiger partial charge is 0.355 e. The Morgan fingerprint density at radius 3 is 2.46 bits per heavy atom. The lowest BCUT2D eigenvalue weighted by atomic mass is 9.96. The molecule has 1 fully saturated rings. The summed E-state index contributed by atoms with van der Waals surface area (Å²) >= 11 is 0. The van der Waals surface area contributed by atoms with Crippen molar-refractivity contribution < 1.29 is 4.79 Å². The van der Waals surface area contributed by atoms with E-state index in [2.05, 4.69) is 57.0 Å². The number of carbonyl (C=O) groups is 1. The molecule has 1 aromatic rings. The summed E-state index contributed by atoms with van der Waals surface area (Å²) in [4.78, 5) is 18.7. The van der Waals surface area contributed by atoms with E-state index in [9.17, 15) is 4.79 Å². The van der Waals surface area contributed by atoms with Crippen molar-refractivity contribution in [3.05, 3.63) is 35.4 Å². The number of nitrogens with one attached hydrogen (secondary N) is 3. The second-order valence-electron chi connectivity index (χ2n) is 8.69. The van der Waals surface area contributed by atoms with E-state index in [1.165, 1.54) is 11.1 Å². The van der Waals surface area contributed by atoms with Gasteiger partial charge in [0.05, 0.1) is 0 Å². The number of aliphatic imine (C=N–C) groups is 1. The van der Waals surface area contributed by atoms with E-state index < -0.39 is 0 Å². The highest BCUT2D eigenvalue weighted by Gasteiger charge is 2.21. The Morgan fingerprint density at radius 2 is 1.86 bits per heavy atom. The Bertz CT molecular complexity index is 657. The number of carbonyl (C=O) groups excluding carboxylic acids is 1. The Balaban J connectivity index is 1.67. The van der Waals surface area contributed by atoms with Crippen LogP contribution in [-0.2, 0) is 11.3 Å². The van der Waals surface area contributed by atoms with Crippen LogP contribution < -0.4 is 16.0 Å². The quantitative estimate of drug-likeness (QED) is 0.398. The maximum absolute atomic E-state index is 11.9. The molecule has 1 saturated heterocycles. The van der Waals surface area contributed by atoms with Gasteiger partial charge in [0, 0.05) is 51.2 Å². The zero-order chi connectivity index (χ0) is 20.6. The van der Waals surface area contributed by atoms with Crippen molar-refractivity contribution in [3.8, 4) is 0 Å². The summed E-state index contributed by atoms with van der Waals surface area (Å²) in [5.74, 6) is 0.875. The van der Waals surface area contributed by atoms with Gasteiger partial charge in [0.15, 0.2) is 5.96 Å². The van der Waals surface area contributed by atoms with Gasteiger partial charge in [-0.2, -0.15) is 0 Å². The molecule has 3 N–H and O–H groups in total. The van der Waals surface area contributed by atoms with E-state index in [0.29, 0.717) is 19.1 Å². The van der Waals surface area contributed by atoms with Gasteiger partial charge in [-0.3, -0.25) is 14.7 Å². The van der Waals surface area contributed by atoms with E-state index >= 15 is 0 Å². The molecular weight excluding hydrogens is 350 g/mol. The van der Waals surface area contributed by atoms with Crippen molar-refractivity contribution >= 4 is 11.9 Å². The highest BCUT2D eigenvalue weighted by molar-refractivity contribution is 5.82. The summed E-state index contributed by atoms with van der Waals surface area (Å²) in [6, 6.07) is 9.20. The number of piperidine rings is 1. The third-order valence-electron chi connectivity index (χ3n) is 5.02. The van der Waals surface area contributed by atoms with Crippen molar-refractivity contribution in [2.45, 2.75) is 53.1 Å². The minimum Gasteiger partial charge on any atom is -0.355 e. The minimum atomic E-state index is -0.355. The third-order valence-corrected chi connectivity index (χ3v) is 5.02. The average molecular weight is 388 g/mol. The zero-order valence-electron chi connectivity index (χ0n) is 18.1. The summed E-state index contributed by atoms with van der Waals surface area (Å²) in [5.41, 5.74) is 2.36. The number of aryl methyl sites for hydroxylation is 1. The molecule has 156 valence electrons. The molecule has 0 radical (unpaired) electrons. The third kappa shape index (κ3) is 7.50. The molecule has 2 rings (SSSR count). The fourth-order valence-corrected chi connectivity index (χ4v) is 3.31. The zero-order valence-corrected chi connectivity index (χ0v) is 18.1. The van der Waals surface area contributed by atoms with Gasteiger partial charge in [-0.1, -0.05) is 50.6 Å². The maximum atomic E-state index is 11.9. The Hall–Kier alpha value is -2.08. The fraction of sp³-hybridized carbons (Fsp3) is 0.636. The van der Waals surface area contributed by atoms with Crippen LogP contribution >= 0.6 is 0 Å². The second kappa shape index (κ2) is 10.5. The molecule has 0 bridgehead atoms. The van der Waals surface area contributed by atoms with Crippen LogP contribution in [0.25, 0.3) is 0 Å². The van der Waals surface area contributed by atoms with Crippen LogP contribution in [0, 0.1) is 12.3 Å². The van der Waals surface area contributed by atoms with Crippen molar-refractivity contribution in [2.75, 3.05) is 33.2 Å². The Kier molecular flexibility index (Phi) is 8.30. The van der Waals surface area contributed by atoms with Gasteiger partial charge >= 0.3 is 0 Å². The molecule has 1 amide bonds. The molecule has 0 spiro atoms. The number of guanidine groups is 1. The molecule has 0 aromatic heterocycles. The van der Waals surface area contributed by atoms with E-state index in [0.717, 1.165) is 38.4 Å². The summed E-state index contributed by atoms with van der Waals surface area (Å²) in [6.45, 7) is 12.3. The highest BCUT2D eigenvalue weighted by atomic mass is 16.2. The number of hydrogen-bond donors (Lipinski definition) is 3. The van der Waals surface area contributed by atoms with Crippen LogP contribution in [-0.4, -0.2) is 56.0 Å². The van der Waals surface area contributed by atoms with E-state index in [-0.39, 0.29) is 11.3 Å². The molecule has 28 heavy (non-hydrogen) atoms. The molecule has 0 aliphatic carbocycles. The van der Waals surface area contributed by atoms with Gasteiger partial charge in [0.1, 0.15) is 0 Å². The SMILES string of the molecule is CN=C(NCCNC(=O)C(C)(C)C)NC1CCN(Cc2cccc(C)c2)CC1. The number of nitrogens with zero attached hydrogens (tertiary/aromatic N) is 2. The first-order chi connectivity index (χ1) is 13.3. The van der Waals surface area contributed by atoms with Gasteiger partial charge in [-0.05, 0) is 25.3 Å². The van der Waals surface area contributed by atoms with Crippen LogP contribution in [0.3, 0.4) is 0 Å². The molecule has 1 aliphatic heterocycles. The van der Waals surface area contributed by atoms with Crippen molar-refractivity contribution in [2.24, 2.45) is 10.4 Å². The summed E-state index contributed by atoms with van der Waals surface area (Å²) in [7, 11) is 1.79. The van der Waals surface area contributed by atoms with Crippen LogP contribution in [0.5, 0.6) is 0 Å². The summed E-state index contributed by atoms with van der Waals surface area (Å²) < 4.78 is 0. The smallest absolute Gasteiger partial charge is 0.225 e. The Morgan fingerprint density at radius 1 is 1.18 bits per heavy atom. The Labute approximate surface area is 170 Å². The number of rotatable bonds is 6. The molecule has 6 heteroatoms.